The summed E-state index contributed by atoms with van der Waals surface area (Å²) in [5.74, 6) is 0. The molecule has 0 spiro atoms. The molecule has 0 saturated heterocycles. The van der Waals surface area contributed by atoms with Crippen molar-refractivity contribution in [3.8, 4) is 0 Å². The highest BCUT2D eigenvalue weighted by Crippen LogP contribution is 1.96. The van der Waals surface area contributed by atoms with E-state index in [2.05, 4.69) is 20.9 Å². The molecule has 0 aliphatic carbocycles. The Labute approximate surface area is 66.7 Å². The molecule has 0 rings (SSSR count). The van der Waals surface area contributed by atoms with Crippen molar-refractivity contribution in [2.75, 3.05) is 6.26 Å². The van der Waals surface area contributed by atoms with Crippen LogP contribution >= 0.6 is 27.7 Å². The van der Waals surface area contributed by atoms with Crippen molar-refractivity contribution in [3.05, 3.63) is 10.8 Å². The van der Waals surface area contributed by atoms with Gasteiger partial charge in [-0.25, -0.2) is 4.99 Å². The van der Waals surface area contributed by atoms with Crippen LogP contribution in [0, 0.1) is 0 Å². The molecule has 0 bridgehead atoms. The molecule has 0 heterocycles. The predicted molar refractivity (Wildman–Crippen MR) is 46.3 cm³/mol. The van der Waals surface area contributed by atoms with Gasteiger partial charge in [-0.05, 0) is 22.2 Å². The van der Waals surface area contributed by atoms with Gasteiger partial charge < -0.3 is 11.5 Å². The summed E-state index contributed by atoms with van der Waals surface area (Å²) >= 11 is 4.37. The molecule has 9 heavy (non-hydrogen) atoms. The monoisotopic (exact) mass is 209 g/mol. The second-order valence-corrected chi connectivity index (χ2v) is 2.93. The van der Waals surface area contributed by atoms with Gasteiger partial charge in [0.05, 0.1) is 10.8 Å². The number of amidine groups is 1. The Bertz CT molecular complexity index is 139. The Kier molecular flexibility index (Phi) is 4.61. The van der Waals surface area contributed by atoms with Crippen LogP contribution in [-0.4, -0.2) is 11.4 Å². The van der Waals surface area contributed by atoms with Gasteiger partial charge >= 0.3 is 0 Å². The van der Waals surface area contributed by atoms with Crippen LogP contribution in [0.3, 0.4) is 0 Å². The highest BCUT2D eigenvalue weighted by molar-refractivity contribution is 9.11. The predicted octanol–water partition coefficient (Wildman–Crippen LogP) is 0.817. The van der Waals surface area contributed by atoms with Crippen LogP contribution in [0.5, 0.6) is 0 Å². The molecule has 0 aliphatic rings. The summed E-state index contributed by atoms with van der Waals surface area (Å²) in [7, 11) is 0. The van der Waals surface area contributed by atoms with E-state index in [-0.39, 0.29) is 0 Å². The molecule has 0 aromatic carbocycles. The summed E-state index contributed by atoms with van der Waals surface area (Å²) in [5, 5.41) is 0.498. The third-order valence-electron chi connectivity index (χ3n) is 0.524. The Hall–Kier alpha value is -0.160. The Balaban J connectivity index is 3.83. The number of nitrogens with two attached hydrogens (primary N) is 2. The first kappa shape index (κ1) is 8.84. The zero-order valence-electron chi connectivity index (χ0n) is 4.97. The molecule has 0 aromatic heterocycles. The fourth-order valence-corrected chi connectivity index (χ4v) is 0.438. The summed E-state index contributed by atoms with van der Waals surface area (Å²) in [5.41, 5.74) is 10.5. The molecule has 0 aliphatic heterocycles. The smallest absolute Gasteiger partial charge is 0.158 e. The van der Waals surface area contributed by atoms with E-state index in [1.807, 2.05) is 6.26 Å². The lowest BCUT2D eigenvalue weighted by molar-refractivity contribution is 1.45. The van der Waals surface area contributed by atoms with E-state index >= 15 is 0 Å². The van der Waals surface area contributed by atoms with Crippen molar-refractivity contribution in [1.29, 1.82) is 0 Å². The number of nitrogens with zero attached hydrogens (tertiary/aromatic N) is 1. The Morgan fingerprint density at radius 1 is 1.67 bits per heavy atom. The molecule has 0 atom stereocenters. The van der Waals surface area contributed by atoms with Gasteiger partial charge in [0.25, 0.3) is 0 Å². The van der Waals surface area contributed by atoms with E-state index in [1.54, 1.807) is 0 Å². The molecule has 3 nitrogen and oxygen atoms in total. The van der Waals surface area contributed by atoms with E-state index in [4.69, 9.17) is 11.5 Å². The minimum Gasteiger partial charge on any atom is -0.392 e. The van der Waals surface area contributed by atoms with Crippen LogP contribution in [0.15, 0.2) is 15.8 Å². The molecule has 0 fully saturated rings. The highest BCUT2D eigenvalue weighted by Gasteiger charge is 1.82. The average Bonchev–Trinajstić information content (AvgIpc) is 1.83. The van der Waals surface area contributed by atoms with Gasteiger partial charge in [-0.3, -0.25) is 0 Å². The average molecular weight is 210 g/mol. The second-order valence-electron chi connectivity index (χ2n) is 1.19. The molecule has 0 amide bonds. The zero-order chi connectivity index (χ0) is 7.28. The minimum absolute atomic E-state index is 0.472. The molecule has 4 N–H and O–H groups in total. The Morgan fingerprint density at radius 2 is 2.22 bits per heavy atom. The van der Waals surface area contributed by atoms with Gasteiger partial charge in [0.15, 0.2) is 5.17 Å². The zero-order valence-corrected chi connectivity index (χ0v) is 7.37. The molecule has 0 radical (unpaired) electrons. The lowest BCUT2D eigenvalue weighted by Gasteiger charge is -1.88. The van der Waals surface area contributed by atoms with Crippen molar-refractivity contribution >= 4 is 32.9 Å². The molecule has 0 saturated carbocycles. The highest BCUT2D eigenvalue weighted by atomic mass is 79.9. The van der Waals surface area contributed by atoms with Crippen LogP contribution in [0.2, 0.25) is 0 Å². The maximum absolute atomic E-state index is 5.31. The Morgan fingerprint density at radius 3 is 2.56 bits per heavy atom. The summed E-state index contributed by atoms with van der Waals surface area (Å²) in [6.07, 6.45) is 3.29. The van der Waals surface area contributed by atoms with Gasteiger partial charge in [0.2, 0.25) is 0 Å². The number of hydrogen-bond donors (Lipinski definition) is 2. The first-order valence-electron chi connectivity index (χ1n) is 2.15. The molecule has 5 heteroatoms. The lowest BCUT2D eigenvalue weighted by Crippen LogP contribution is -2.04. The second kappa shape index (κ2) is 4.69. The van der Waals surface area contributed by atoms with E-state index in [0.29, 0.717) is 9.77 Å². The van der Waals surface area contributed by atoms with Gasteiger partial charge in [-0.2, -0.15) is 0 Å². The molecular formula is C4H8BrN3S. The molecular weight excluding hydrogens is 202 g/mol. The fourth-order valence-electron chi connectivity index (χ4n) is 0.178. The first-order chi connectivity index (χ1) is 4.16. The lowest BCUT2D eigenvalue weighted by atomic mass is 10.9. The fraction of sp³-hybridized carbons (Fsp3) is 0.250. The van der Waals surface area contributed by atoms with Crippen molar-refractivity contribution in [3.63, 3.8) is 0 Å². The number of aliphatic imine (C=N–C) groups is 1. The van der Waals surface area contributed by atoms with E-state index in [1.165, 1.54) is 18.0 Å². The van der Waals surface area contributed by atoms with Gasteiger partial charge in [-0.1, -0.05) is 11.8 Å². The van der Waals surface area contributed by atoms with Gasteiger partial charge in [0.1, 0.15) is 0 Å². The van der Waals surface area contributed by atoms with E-state index in [0.717, 1.165) is 0 Å². The minimum atomic E-state index is 0.472. The third-order valence-corrected chi connectivity index (χ3v) is 1.25. The number of rotatable bonds is 1. The van der Waals surface area contributed by atoms with Crippen molar-refractivity contribution in [2.24, 2.45) is 16.5 Å². The normalized spacial score (nSPS) is 14.0. The molecule has 52 valence electrons. The van der Waals surface area contributed by atoms with Gasteiger partial charge in [-0.15, -0.1) is 0 Å². The third kappa shape index (κ3) is 5.72. The maximum atomic E-state index is 5.31. The molecule has 0 unspecified atom stereocenters. The molecule has 0 aromatic rings. The summed E-state index contributed by atoms with van der Waals surface area (Å²) in [6, 6.07) is 0. The quantitative estimate of drug-likeness (QED) is 0.382. The van der Waals surface area contributed by atoms with Crippen LogP contribution in [0.1, 0.15) is 0 Å². The SMILES string of the molecule is CSC(N)=N/C=C(\N)Br. The summed E-state index contributed by atoms with van der Waals surface area (Å²) in [4.78, 5) is 3.77. The van der Waals surface area contributed by atoms with Crippen molar-refractivity contribution < 1.29 is 0 Å². The first-order valence-corrected chi connectivity index (χ1v) is 4.17. The van der Waals surface area contributed by atoms with Gasteiger partial charge in [0, 0.05) is 0 Å². The maximum Gasteiger partial charge on any atom is 0.158 e. The topological polar surface area (TPSA) is 64.4 Å². The standard InChI is InChI=1S/C4H8BrN3S/c1-9-4(7)8-2-3(5)6/h2H,6H2,1H3,(H2,7,8)/b3-2-. The van der Waals surface area contributed by atoms with E-state index in [9.17, 15) is 0 Å². The number of thioether (sulfide) groups is 1. The van der Waals surface area contributed by atoms with Crippen LogP contribution in [0.4, 0.5) is 0 Å². The van der Waals surface area contributed by atoms with E-state index < -0.39 is 0 Å². The van der Waals surface area contributed by atoms with Crippen LogP contribution < -0.4 is 11.5 Å². The largest absolute Gasteiger partial charge is 0.392 e. The van der Waals surface area contributed by atoms with Crippen molar-refractivity contribution in [2.45, 2.75) is 0 Å². The number of halogens is 1. The summed E-state index contributed by atoms with van der Waals surface area (Å²) < 4.78 is 0.472. The number of hydrogen-bond acceptors (Lipinski definition) is 3. The van der Waals surface area contributed by atoms with Crippen LogP contribution in [-0.2, 0) is 0 Å². The van der Waals surface area contributed by atoms with Crippen molar-refractivity contribution in [1.82, 2.24) is 0 Å². The summed E-state index contributed by atoms with van der Waals surface area (Å²) in [6.45, 7) is 0. The van der Waals surface area contributed by atoms with Crippen LogP contribution in [0.25, 0.3) is 0 Å².